The lowest BCUT2D eigenvalue weighted by Crippen LogP contribution is -2.53. The molecule has 42 heavy (non-hydrogen) atoms. The molecule has 0 spiro atoms. The van der Waals surface area contributed by atoms with E-state index >= 15 is 0 Å². The molecular weight excluding hydrogens is 552 g/mol. The fourth-order valence-electron chi connectivity index (χ4n) is 4.75. The molecule has 3 aromatic carbocycles. The highest BCUT2D eigenvalue weighted by Gasteiger charge is 2.44. The molecule has 5 rings (SSSR count). The number of nitrogens with zero attached hydrogens (tertiary/aromatic N) is 1. The summed E-state index contributed by atoms with van der Waals surface area (Å²) in [5.41, 5.74) is 3.30. The van der Waals surface area contributed by atoms with Gasteiger partial charge in [-0.2, -0.15) is 0 Å². The molecule has 1 atom stereocenters. The Morgan fingerprint density at radius 2 is 1.33 bits per heavy atom. The molecule has 9 heteroatoms. The smallest absolute Gasteiger partial charge is 0.355 e. The molecule has 2 heterocycles. The summed E-state index contributed by atoms with van der Waals surface area (Å²) >= 11 is 1.28. The summed E-state index contributed by atoms with van der Waals surface area (Å²) < 4.78 is 11.2. The Kier molecular flexibility index (Phi) is 9.18. The van der Waals surface area contributed by atoms with Crippen molar-refractivity contribution in [3.8, 4) is 0 Å². The van der Waals surface area contributed by atoms with E-state index in [0.29, 0.717) is 16.4 Å². The lowest BCUT2D eigenvalue weighted by Gasteiger charge is -2.39. The van der Waals surface area contributed by atoms with Crippen LogP contribution in [0.1, 0.15) is 30.0 Å². The van der Waals surface area contributed by atoms with Crippen LogP contribution in [0, 0.1) is 0 Å². The van der Waals surface area contributed by atoms with E-state index in [2.05, 4.69) is 5.32 Å². The summed E-state index contributed by atoms with van der Waals surface area (Å²) in [5.74, 6) is -1.80. The van der Waals surface area contributed by atoms with E-state index in [-0.39, 0.29) is 43.2 Å². The quantitative estimate of drug-likeness (QED) is 0.366. The first kappa shape index (κ1) is 28.9. The second kappa shape index (κ2) is 13.4. The third-order valence-electron chi connectivity index (χ3n) is 6.85. The van der Waals surface area contributed by atoms with Crippen LogP contribution in [0.25, 0.3) is 0 Å². The van der Waals surface area contributed by atoms with E-state index in [0.717, 1.165) is 16.7 Å². The summed E-state index contributed by atoms with van der Waals surface area (Å²) in [6.07, 6.45) is 0.00177. The molecule has 0 saturated carbocycles. The molecule has 2 aliphatic heterocycles. The molecule has 0 radical (unpaired) electrons. The molecule has 1 N–H and O–H groups in total. The Morgan fingerprint density at radius 3 is 1.90 bits per heavy atom. The van der Waals surface area contributed by atoms with Gasteiger partial charge in [-0.25, -0.2) is 9.59 Å². The standard InChI is InChI=1S/C33H30N2O6S/c1-22-21-42-31-26(32(38)40-19-24-13-7-3-8-14-24)18-27(34-28(36)17-23-11-5-2-6-12-23)30(37)35(31)29(22)33(39)41-20-25-15-9-4-10-16-25/h2-16,27H,17-21H2,1H3,(H,34,36). The normalized spacial score (nSPS) is 16.5. The molecule has 1 unspecified atom stereocenters. The zero-order valence-electron chi connectivity index (χ0n) is 23.1. The van der Waals surface area contributed by atoms with Gasteiger partial charge in [-0.3, -0.25) is 14.5 Å². The maximum absolute atomic E-state index is 13.9. The Labute approximate surface area is 248 Å². The van der Waals surface area contributed by atoms with Crippen molar-refractivity contribution in [1.82, 2.24) is 10.2 Å². The van der Waals surface area contributed by atoms with Crippen molar-refractivity contribution in [3.63, 3.8) is 0 Å². The van der Waals surface area contributed by atoms with Gasteiger partial charge in [-0.15, -0.1) is 11.8 Å². The number of ether oxygens (including phenoxy) is 2. The van der Waals surface area contributed by atoms with Gasteiger partial charge in [-0.05, 0) is 29.2 Å². The number of hydrogen-bond donors (Lipinski definition) is 1. The third-order valence-corrected chi connectivity index (χ3v) is 8.13. The van der Waals surface area contributed by atoms with Crippen LogP contribution in [-0.4, -0.2) is 40.4 Å². The second-order valence-corrected chi connectivity index (χ2v) is 10.9. The van der Waals surface area contributed by atoms with Gasteiger partial charge < -0.3 is 14.8 Å². The van der Waals surface area contributed by atoms with Crippen LogP contribution < -0.4 is 5.32 Å². The molecule has 2 aliphatic rings. The van der Waals surface area contributed by atoms with Crippen molar-refractivity contribution >= 4 is 35.5 Å². The van der Waals surface area contributed by atoms with Gasteiger partial charge in [0.25, 0.3) is 5.91 Å². The fourth-order valence-corrected chi connectivity index (χ4v) is 5.89. The number of thioether (sulfide) groups is 1. The van der Waals surface area contributed by atoms with Gasteiger partial charge in [-0.1, -0.05) is 91.0 Å². The minimum atomic E-state index is -1.08. The van der Waals surface area contributed by atoms with Crippen LogP contribution in [0.3, 0.4) is 0 Å². The minimum absolute atomic E-state index is 0.0217. The highest BCUT2D eigenvalue weighted by atomic mass is 32.2. The number of rotatable bonds is 9. The molecule has 0 aliphatic carbocycles. The monoisotopic (exact) mass is 582 g/mol. The van der Waals surface area contributed by atoms with E-state index in [1.165, 1.54) is 16.7 Å². The number of carbonyl (C=O) groups is 4. The Morgan fingerprint density at radius 1 is 0.810 bits per heavy atom. The molecular formula is C33H30N2O6S. The molecule has 2 amide bonds. The Balaban J connectivity index is 1.42. The first-order valence-corrected chi connectivity index (χ1v) is 14.5. The van der Waals surface area contributed by atoms with Crippen molar-refractivity contribution in [2.75, 3.05) is 5.75 Å². The van der Waals surface area contributed by atoms with E-state index < -0.39 is 23.9 Å². The predicted octanol–water partition coefficient (Wildman–Crippen LogP) is 4.67. The summed E-state index contributed by atoms with van der Waals surface area (Å²) in [6.45, 7) is 1.82. The van der Waals surface area contributed by atoms with Gasteiger partial charge in [0.05, 0.1) is 17.0 Å². The lowest BCUT2D eigenvalue weighted by atomic mass is 9.99. The first-order valence-electron chi connectivity index (χ1n) is 13.6. The summed E-state index contributed by atoms with van der Waals surface area (Å²) in [6, 6.07) is 26.6. The number of benzene rings is 3. The van der Waals surface area contributed by atoms with Crippen molar-refractivity contribution in [2.24, 2.45) is 0 Å². The zero-order chi connectivity index (χ0) is 29.5. The number of nitrogens with one attached hydrogen (secondary N) is 1. The topological polar surface area (TPSA) is 102 Å². The zero-order valence-corrected chi connectivity index (χ0v) is 23.9. The van der Waals surface area contributed by atoms with Crippen LogP contribution in [0.2, 0.25) is 0 Å². The van der Waals surface area contributed by atoms with Crippen LogP contribution in [0.4, 0.5) is 0 Å². The van der Waals surface area contributed by atoms with E-state index in [1.54, 1.807) is 6.92 Å². The maximum atomic E-state index is 13.9. The molecule has 0 bridgehead atoms. The lowest BCUT2D eigenvalue weighted by molar-refractivity contribution is -0.146. The van der Waals surface area contributed by atoms with E-state index in [9.17, 15) is 19.2 Å². The molecule has 8 nitrogen and oxygen atoms in total. The van der Waals surface area contributed by atoms with Crippen LogP contribution in [0.5, 0.6) is 0 Å². The Hall–Kier alpha value is -4.63. The number of carbonyl (C=O) groups excluding carboxylic acids is 4. The van der Waals surface area contributed by atoms with Gasteiger partial charge >= 0.3 is 11.9 Å². The largest absolute Gasteiger partial charge is 0.457 e. The third kappa shape index (κ3) is 6.80. The fraction of sp³-hybridized carbons (Fsp3) is 0.212. The van der Waals surface area contributed by atoms with E-state index in [1.807, 2.05) is 91.0 Å². The van der Waals surface area contributed by atoms with Gasteiger partial charge in [0.2, 0.25) is 5.91 Å². The second-order valence-electron chi connectivity index (χ2n) is 9.99. The minimum Gasteiger partial charge on any atom is -0.457 e. The van der Waals surface area contributed by atoms with Crippen molar-refractivity contribution in [1.29, 1.82) is 0 Å². The average Bonchev–Trinajstić information content (AvgIpc) is 3.01. The highest BCUT2D eigenvalue weighted by molar-refractivity contribution is 8.03. The number of fused-ring (bicyclic) bond motifs is 1. The van der Waals surface area contributed by atoms with Gasteiger partial charge in [0.15, 0.2) is 0 Å². The average molecular weight is 583 g/mol. The maximum Gasteiger partial charge on any atom is 0.355 e. The van der Waals surface area contributed by atoms with Crippen LogP contribution in [0.15, 0.2) is 113 Å². The SMILES string of the molecule is CC1=C(C(=O)OCc2ccccc2)N2C(=O)C(NC(=O)Cc3ccccc3)CC(C(=O)OCc3ccccc3)=C2SC1. The first-order chi connectivity index (χ1) is 20.4. The van der Waals surface area contributed by atoms with Gasteiger partial charge in [0, 0.05) is 12.2 Å². The summed E-state index contributed by atoms with van der Waals surface area (Å²) in [5, 5.41) is 3.11. The van der Waals surface area contributed by atoms with Crippen LogP contribution in [-0.2, 0) is 48.3 Å². The Bertz CT molecular complexity index is 1540. The van der Waals surface area contributed by atoms with Gasteiger partial charge in [0.1, 0.15) is 25.0 Å². The molecule has 214 valence electrons. The number of hydrogen-bond acceptors (Lipinski definition) is 7. The number of amides is 2. The molecule has 3 aromatic rings. The van der Waals surface area contributed by atoms with Crippen LogP contribution >= 0.6 is 11.8 Å². The van der Waals surface area contributed by atoms with Crippen molar-refractivity contribution in [2.45, 2.75) is 39.0 Å². The number of esters is 2. The van der Waals surface area contributed by atoms with Crippen molar-refractivity contribution in [3.05, 3.63) is 130 Å². The highest BCUT2D eigenvalue weighted by Crippen LogP contribution is 2.41. The van der Waals surface area contributed by atoms with Crippen molar-refractivity contribution < 1.29 is 28.7 Å². The summed E-state index contributed by atoms with van der Waals surface area (Å²) in [7, 11) is 0. The van der Waals surface area contributed by atoms with E-state index in [4.69, 9.17) is 9.47 Å². The molecule has 0 fully saturated rings. The predicted molar refractivity (Wildman–Crippen MR) is 158 cm³/mol. The molecule has 0 saturated heterocycles. The molecule has 0 aromatic heterocycles. The summed E-state index contributed by atoms with van der Waals surface area (Å²) in [4.78, 5) is 55.0.